The molecule has 0 fully saturated rings. The van der Waals surface area contributed by atoms with Crippen LogP contribution in [-0.2, 0) is 4.79 Å². The van der Waals surface area contributed by atoms with Gasteiger partial charge >= 0.3 is 0 Å². The van der Waals surface area contributed by atoms with Crippen molar-refractivity contribution in [2.75, 3.05) is 19.6 Å². The number of hydrogen-bond donors (Lipinski definition) is 2. The van der Waals surface area contributed by atoms with Gasteiger partial charge in [0.1, 0.15) is 0 Å². The number of aryl methyl sites for hydroxylation is 2. The molecule has 6 nitrogen and oxygen atoms in total. The minimum Gasteiger partial charge on any atom is -0.355 e. The highest BCUT2D eigenvalue weighted by Crippen LogP contribution is 2.12. The molecule has 0 bridgehead atoms. The highest BCUT2D eigenvalue weighted by atomic mass is 16.2. The smallest absolute Gasteiger partial charge is 0.258 e. The molecule has 6 heteroatoms. The SMILES string of the molecule is CCNC(=O)CN(CC)C(=O)c1c(C)n[nH]c1C. The van der Waals surface area contributed by atoms with Crippen LogP contribution in [0.25, 0.3) is 0 Å². The van der Waals surface area contributed by atoms with Gasteiger partial charge in [-0.3, -0.25) is 14.7 Å². The van der Waals surface area contributed by atoms with Crippen LogP contribution in [-0.4, -0.2) is 46.5 Å². The Kier molecular flexibility index (Phi) is 4.88. The lowest BCUT2D eigenvalue weighted by atomic mass is 10.1. The number of hydrogen-bond acceptors (Lipinski definition) is 3. The van der Waals surface area contributed by atoms with Crippen molar-refractivity contribution in [3.05, 3.63) is 17.0 Å². The number of rotatable bonds is 5. The summed E-state index contributed by atoms with van der Waals surface area (Å²) in [6.45, 7) is 8.40. The molecule has 0 saturated carbocycles. The first-order chi connectivity index (χ1) is 8.51. The number of carbonyl (C=O) groups excluding carboxylic acids is 2. The lowest BCUT2D eigenvalue weighted by Crippen LogP contribution is -2.40. The second kappa shape index (κ2) is 6.18. The Hall–Kier alpha value is -1.85. The fourth-order valence-corrected chi connectivity index (χ4v) is 1.78. The summed E-state index contributed by atoms with van der Waals surface area (Å²) in [5.41, 5.74) is 1.94. The van der Waals surface area contributed by atoms with Gasteiger partial charge in [-0.2, -0.15) is 5.10 Å². The van der Waals surface area contributed by atoms with Gasteiger partial charge in [-0.1, -0.05) is 0 Å². The van der Waals surface area contributed by atoms with Gasteiger partial charge in [-0.05, 0) is 27.7 Å². The minimum absolute atomic E-state index is 0.0766. The first-order valence-electron chi connectivity index (χ1n) is 6.08. The molecule has 0 spiro atoms. The molecule has 2 N–H and O–H groups in total. The van der Waals surface area contributed by atoms with Gasteiger partial charge in [-0.15, -0.1) is 0 Å². The van der Waals surface area contributed by atoms with E-state index in [0.717, 1.165) is 5.69 Å². The Morgan fingerprint density at radius 2 is 2.00 bits per heavy atom. The van der Waals surface area contributed by atoms with Crippen molar-refractivity contribution in [1.82, 2.24) is 20.4 Å². The highest BCUT2D eigenvalue weighted by molar-refractivity contribution is 5.98. The predicted octanol–water partition coefficient (Wildman–Crippen LogP) is 0.625. The molecule has 0 atom stereocenters. The molecule has 0 aliphatic rings. The molecule has 100 valence electrons. The topological polar surface area (TPSA) is 78.1 Å². The van der Waals surface area contributed by atoms with Crippen LogP contribution in [0.5, 0.6) is 0 Å². The maximum Gasteiger partial charge on any atom is 0.258 e. The molecule has 0 aromatic carbocycles. The molecular formula is C12H20N4O2. The molecule has 1 heterocycles. The van der Waals surface area contributed by atoms with E-state index in [1.54, 1.807) is 13.8 Å². The molecular weight excluding hydrogens is 232 g/mol. The van der Waals surface area contributed by atoms with E-state index < -0.39 is 0 Å². The molecule has 0 unspecified atom stereocenters. The molecule has 0 aliphatic heterocycles. The zero-order chi connectivity index (χ0) is 13.7. The van der Waals surface area contributed by atoms with Crippen LogP contribution in [0.3, 0.4) is 0 Å². The van der Waals surface area contributed by atoms with Crippen LogP contribution in [0.4, 0.5) is 0 Å². The average Bonchev–Trinajstić information content (AvgIpc) is 2.65. The molecule has 2 amide bonds. The maximum atomic E-state index is 12.3. The molecule has 0 radical (unpaired) electrons. The summed E-state index contributed by atoms with van der Waals surface area (Å²) in [6, 6.07) is 0. The molecule has 18 heavy (non-hydrogen) atoms. The third-order valence-corrected chi connectivity index (χ3v) is 2.72. The van der Waals surface area contributed by atoms with Crippen molar-refractivity contribution < 1.29 is 9.59 Å². The molecule has 0 aliphatic carbocycles. The van der Waals surface area contributed by atoms with E-state index in [4.69, 9.17) is 0 Å². The standard InChI is InChI=1S/C12H20N4O2/c1-5-13-10(17)7-16(6-2)12(18)11-8(3)14-15-9(11)4/h5-7H2,1-4H3,(H,13,17)(H,14,15). The third-order valence-electron chi connectivity index (χ3n) is 2.72. The number of H-pyrrole nitrogens is 1. The van der Waals surface area contributed by atoms with E-state index in [2.05, 4.69) is 15.5 Å². The fraction of sp³-hybridized carbons (Fsp3) is 0.583. The lowest BCUT2D eigenvalue weighted by molar-refractivity contribution is -0.121. The van der Waals surface area contributed by atoms with Gasteiger partial charge in [-0.25, -0.2) is 0 Å². The number of carbonyl (C=O) groups is 2. The summed E-state index contributed by atoms with van der Waals surface area (Å²) in [5.74, 6) is -0.306. The van der Waals surface area contributed by atoms with Gasteiger partial charge in [0.25, 0.3) is 5.91 Å². The van der Waals surface area contributed by atoms with E-state index >= 15 is 0 Å². The van der Waals surface area contributed by atoms with Gasteiger partial charge in [0.05, 0.1) is 17.8 Å². The summed E-state index contributed by atoms with van der Waals surface area (Å²) in [5, 5.41) is 9.46. The van der Waals surface area contributed by atoms with Crippen LogP contribution < -0.4 is 5.32 Å². The zero-order valence-corrected chi connectivity index (χ0v) is 11.3. The van der Waals surface area contributed by atoms with Crippen molar-refractivity contribution in [2.45, 2.75) is 27.7 Å². The largest absolute Gasteiger partial charge is 0.355 e. The quantitative estimate of drug-likeness (QED) is 0.806. The average molecular weight is 252 g/mol. The van der Waals surface area contributed by atoms with E-state index in [1.165, 1.54) is 4.90 Å². The third kappa shape index (κ3) is 3.09. The number of likely N-dealkylation sites (N-methyl/N-ethyl adjacent to an activating group) is 2. The van der Waals surface area contributed by atoms with Gasteiger partial charge in [0.2, 0.25) is 5.91 Å². The molecule has 0 saturated heterocycles. The number of nitrogens with one attached hydrogen (secondary N) is 2. The van der Waals surface area contributed by atoms with Crippen LogP contribution in [0.15, 0.2) is 0 Å². The first-order valence-corrected chi connectivity index (χ1v) is 6.08. The number of nitrogens with zero attached hydrogens (tertiary/aromatic N) is 2. The van der Waals surface area contributed by atoms with Crippen LogP contribution in [0, 0.1) is 13.8 Å². The molecule has 1 rings (SSSR count). The van der Waals surface area contributed by atoms with Crippen LogP contribution >= 0.6 is 0 Å². The summed E-state index contributed by atoms with van der Waals surface area (Å²) in [6.07, 6.45) is 0. The second-order valence-electron chi connectivity index (χ2n) is 4.08. The zero-order valence-electron chi connectivity index (χ0n) is 11.3. The minimum atomic E-state index is -0.160. The molecule has 1 aromatic rings. The summed E-state index contributed by atoms with van der Waals surface area (Å²) < 4.78 is 0. The first kappa shape index (κ1) is 14.2. The maximum absolute atomic E-state index is 12.3. The van der Waals surface area contributed by atoms with Gasteiger partial charge < -0.3 is 10.2 Å². The Balaban J connectivity index is 2.83. The number of amides is 2. The number of aromatic nitrogens is 2. The monoisotopic (exact) mass is 252 g/mol. The van der Waals surface area contributed by atoms with Crippen molar-refractivity contribution in [2.24, 2.45) is 0 Å². The Bertz CT molecular complexity index is 420. The summed E-state index contributed by atoms with van der Waals surface area (Å²) in [4.78, 5) is 25.3. The Morgan fingerprint density at radius 1 is 1.33 bits per heavy atom. The van der Waals surface area contributed by atoms with E-state index in [9.17, 15) is 9.59 Å². The highest BCUT2D eigenvalue weighted by Gasteiger charge is 2.22. The fourth-order valence-electron chi connectivity index (χ4n) is 1.78. The molecule has 1 aromatic heterocycles. The normalized spacial score (nSPS) is 10.2. The lowest BCUT2D eigenvalue weighted by Gasteiger charge is -2.20. The Morgan fingerprint density at radius 3 is 2.44 bits per heavy atom. The van der Waals surface area contributed by atoms with Crippen LogP contribution in [0.1, 0.15) is 35.6 Å². The van der Waals surface area contributed by atoms with Crippen LogP contribution in [0.2, 0.25) is 0 Å². The van der Waals surface area contributed by atoms with Crippen molar-refractivity contribution >= 4 is 11.8 Å². The van der Waals surface area contributed by atoms with E-state index in [-0.39, 0.29) is 18.4 Å². The second-order valence-corrected chi connectivity index (χ2v) is 4.08. The predicted molar refractivity (Wildman–Crippen MR) is 68.3 cm³/mol. The van der Waals surface area contributed by atoms with Crippen molar-refractivity contribution in [1.29, 1.82) is 0 Å². The Labute approximate surface area is 107 Å². The van der Waals surface area contributed by atoms with Crippen molar-refractivity contribution in [3.63, 3.8) is 0 Å². The van der Waals surface area contributed by atoms with Gasteiger partial charge in [0.15, 0.2) is 0 Å². The summed E-state index contributed by atoms with van der Waals surface area (Å²) in [7, 11) is 0. The van der Waals surface area contributed by atoms with E-state index in [0.29, 0.717) is 24.3 Å². The summed E-state index contributed by atoms with van der Waals surface area (Å²) >= 11 is 0. The van der Waals surface area contributed by atoms with E-state index in [1.807, 2.05) is 13.8 Å². The van der Waals surface area contributed by atoms with Crippen molar-refractivity contribution in [3.8, 4) is 0 Å². The van der Waals surface area contributed by atoms with Gasteiger partial charge in [0, 0.05) is 18.8 Å². The number of aromatic amines is 1.